The third-order valence-electron chi connectivity index (χ3n) is 5.19. The van der Waals surface area contributed by atoms with E-state index in [0.717, 1.165) is 21.8 Å². The van der Waals surface area contributed by atoms with Crippen molar-refractivity contribution in [2.45, 2.75) is 19.0 Å². The van der Waals surface area contributed by atoms with Gasteiger partial charge in [0, 0.05) is 23.4 Å². The smallest absolute Gasteiger partial charge is 0.290 e. The summed E-state index contributed by atoms with van der Waals surface area (Å²) in [4.78, 5) is 16.1. The number of hydrogen-bond acceptors (Lipinski definition) is 5. The lowest BCUT2D eigenvalue weighted by Gasteiger charge is -2.31. The van der Waals surface area contributed by atoms with Crippen LogP contribution in [0.1, 0.15) is 17.5 Å². The lowest BCUT2D eigenvalue weighted by atomic mass is 10.1. The third kappa shape index (κ3) is 4.85. The van der Waals surface area contributed by atoms with E-state index in [1.54, 1.807) is 28.8 Å². The van der Waals surface area contributed by atoms with Crippen LogP contribution in [0.3, 0.4) is 0 Å². The van der Waals surface area contributed by atoms with E-state index in [0.29, 0.717) is 30.4 Å². The summed E-state index contributed by atoms with van der Waals surface area (Å²) in [5, 5.41) is 0.612. The maximum atomic E-state index is 13.7. The number of ether oxygens (including phenoxy) is 1. The highest BCUT2D eigenvalue weighted by atomic mass is 35.5. The summed E-state index contributed by atoms with van der Waals surface area (Å²) < 4.78 is 30.1. The van der Waals surface area contributed by atoms with Crippen molar-refractivity contribution in [1.29, 1.82) is 0 Å². The topological polar surface area (TPSA) is 63.7 Å². The third-order valence-corrected chi connectivity index (χ3v) is 8.27. The van der Waals surface area contributed by atoms with Crippen molar-refractivity contribution in [3.63, 3.8) is 0 Å². The van der Waals surface area contributed by atoms with Gasteiger partial charge in [-0.1, -0.05) is 54.1 Å². The molecule has 0 unspecified atom stereocenters. The van der Waals surface area contributed by atoms with Crippen LogP contribution in [0.2, 0.25) is 5.02 Å². The Bertz CT molecular complexity index is 1050. The largest absolute Gasteiger partial charge is 0.486 e. The highest BCUT2D eigenvalue weighted by Crippen LogP contribution is 2.36. The molecular formula is C22H22ClNO4S2. The van der Waals surface area contributed by atoms with E-state index in [2.05, 4.69) is 0 Å². The SMILES string of the molecule is O=C(C1=C(c2ccccc2)SCCO1)N(Cc1ccc(Cl)cc1)[C@H]1CCS(=O)(=O)C1. The van der Waals surface area contributed by atoms with Gasteiger partial charge >= 0.3 is 0 Å². The van der Waals surface area contributed by atoms with Crippen LogP contribution < -0.4 is 0 Å². The summed E-state index contributed by atoms with van der Waals surface area (Å²) in [6.07, 6.45) is 0.433. The zero-order valence-corrected chi connectivity index (χ0v) is 18.7. The van der Waals surface area contributed by atoms with Crippen LogP contribution in [0.4, 0.5) is 0 Å². The van der Waals surface area contributed by atoms with Crippen molar-refractivity contribution in [3.05, 3.63) is 76.5 Å². The molecule has 2 aromatic rings. The van der Waals surface area contributed by atoms with Crippen LogP contribution in [-0.2, 0) is 25.9 Å². The highest BCUT2D eigenvalue weighted by molar-refractivity contribution is 8.08. The zero-order valence-electron chi connectivity index (χ0n) is 16.3. The minimum atomic E-state index is -3.15. The van der Waals surface area contributed by atoms with Crippen LogP contribution >= 0.6 is 23.4 Å². The predicted octanol–water partition coefficient (Wildman–Crippen LogP) is 3.99. The Morgan fingerprint density at radius 2 is 1.87 bits per heavy atom. The lowest BCUT2D eigenvalue weighted by Crippen LogP contribution is -2.42. The number of carbonyl (C=O) groups excluding carboxylic acids is 1. The van der Waals surface area contributed by atoms with Gasteiger partial charge in [-0.15, -0.1) is 11.8 Å². The molecule has 1 amide bonds. The van der Waals surface area contributed by atoms with E-state index in [4.69, 9.17) is 16.3 Å². The first kappa shape index (κ1) is 21.3. The van der Waals surface area contributed by atoms with Gasteiger partial charge in [0.05, 0.1) is 23.0 Å². The molecule has 0 radical (unpaired) electrons. The molecule has 0 saturated carbocycles. The van der Waals surface area contributed by atoms with Gasteiger partial charge in [0.1, 0.15) is 0 Å². The molecule has 2 heterocycles. The van der Waals surface area contributed by atoms with Crippen molar-refractivity contribution in [2.24, 2.45) is 0 Å². The molecule has 4 rings (SSSR count). The van der Waals surface area contributed by atoms with Crippen LogP contribution in [0.15, 0.2) is 60.4 Å². The molecule has 0 bridgehead atoms. The number of amides is 1. The summed E-state index contributed by atoms with van der Waals surface area (Å²) in [5.74, 6) is 0.875. The Hall–Kier alpha value is -1.96. The van der Waals surface area contributed by atoms with E-state index < -0.39 is 9.84 Å². The predicted molar refractivity (Wildman–Crippen MR) is 121 cm³/mol. The van der Waals surface area contributed by atoms with E-state index >= 15 is 0 Å². The number of hydrogen-bond donors (Lipinski definition) is 0. The van der Waals surface area contributed by atoms with Crippen molar-refractivity contribution in [1.82, 2.24) is 4.90 Å². The average Bonchev–Trinajstić information content (AvgIpc) is 3.13. The maximum absolute atomic E-state index is 13.7. The fourth-order valence-electron chi connectivity index (χ4n) is 3.69. The van der Waals surface area contributed by atoms with Crippen LogP contribution in [0, 0.1) is 0 Å². The van der Waals surface area contributed by atoms with Gasteiger partial charge in [-0.3, -0.25) is 4.79 Å². The molecule has 2 aliphatic rings. The Balaban J connectivity index is 1.70. The molecular weight excluding hydrogens is 442 g/mol. The van der Waals surface area contributed by atoms with Gasteiger partial charge in [-0.2, -0.15) is 0 Å². The normalized spacial score (nSPS) is 20.6. The van der Waals surface area contributed by atoms with Crippen molar-refractivity contribution in [3.8, 4) is 0 Å². The Morgan fingerprint density at radius 1 is 1.13 bits per heavy atom. The second-order valence-corrected chi connectivity index (χ2v) is 11.1. The molecule has 1 saturated heterocycles. The molecule has 0 spiro atoms. The Kier molecular flexibility index (Phi) is 6.41. The molecule has 2 aliphatic heterocycles. The van der Waals surface area contributed by atoms with E-state index in [1.165, 1.54) is 0 Å². The van der Waals surface area contributed by atoms with Gasteiger partial charge in [-0.05, 0) is 29.7 Å². The molecule has 1 fully saturated rings. The second-order valence-electron chi connectivity index (χ2n) is 7.34. The van der Waals surface area contributed by atoms with Crippen molar-refractivity contribution < 1.29 is 17.9 Å². The summed E-state index contributed by atoms with van der Waals surface area (Å²) in [6, 6.07) is 16.6. The monoisotopic (exact) mass is 463 g/mol. The molecule has 0 aliphatic carbocycles. The van der Waals surface area contributed by atoms with Crippen LogP contribution in [-0.4, -0.2) is 49.1 Å². The molecule has 5 nitrogen and oxygen atoms in total. The molecule has 158 valence electrons. The van der Waals surface area contributed by atoms with Gasteiger partial charge in [0.2, 0.25) is 0 Å². The molecule has 1 atom stereocenters. The standard InChI is InChI=1S/C22H22ClNO4S2/c23-18-8-6-16(7-9-18)14-24(19-10-13-30(26,27)15-19)22(25)20-21(29-12-11-28-20)17-4-2-1-3-5-17/h1-9,19H,10-15H2/t19-/m0/s1. The molecule has 0 N–H and O–H groups in total. The van der Waals surface area contributed by atoms with Crippen LogP contribution in [0.25, 0.3) is 4.91 Å². The van der Waals surface area contributed by atoms with Gasteiger partial charge in [0.15, 0.2) is 15.6 Å². The van der Waals surface area contributed by atoms with Crippen molar-refractivity contribution in [2.75, 3.05) is 23.9 Å². The number of halogens is 1. The van der Waals surface area contributed by atoms with E-state index in [1.807, 2.05) is 42.5 Å². The molecule has 8 heteroatoms. The first-order valence-electron chi connectivity index (χ1n) is 9.74. The Morgan fingerprint density at radius 3 is 2.53 bits per heavy atom. The number of sulfone groups is 1. The fraction of sp³-hybridized carbons (Fsp3) is 0.318. The molecule has 0 aromatic heterocycles. The number of nitrogens with zero attached hydrogens (tertiary/aromatic N) is 1. The highest BCUT2D eigenvalue weighted by Gasteiger charge is 2.37. The number of carbonyl (C=O) groups is 1. The minimum absolute atomic E-state index is 0.0204. The lowest BCUT2D eigenvalue weighted by molar-refractivity contribution is -0.133. The van der Waals surface area contributed by atoms with Gasteiger partial charge in [0.25, 0.3) is 5.91 Å². The summed E-state index contributed by atoms with van der Waals surface area (Å²) >= 11 is 7.59. The first-order chi connectivity index (χ1) is 14.4. The zero-order chi connectivity index (χ0) is 21.1. The number of rotatable bonds is 5. The number of benzene rings is 2. The van der Waals surface area contributed by atoms with E-state index in [-0.39, 0.29) is 23.5 Å². The van der Waals surface area contributed by atoms with Gasteiger partial charge < -0.3 is 9.64 Å². The number of thioether (sulfide) groups is 1. The Labute approximate surface area is 186 Å². The summed E-state index contributed by atoms with van der Waals surface area (Å²) in [5.41, 5.74) is 1.82. The van der Waals surface area contributed by atoms with E-state index in [9.17, 15) is 13.2 Å². The van der Waals surface area contributed by atoms with Crippen molar-refractivity contribution >= 4 is 44.0 Å². The maximum Gasteiger partial charge on any atom is 0.290 e. The quantitative estimate of drug-likeness (QED) is 0.670. The fourth-order valence-corrected chi connectivity index (χ4v) is 6.49. The molecule has 2 aromatic carbocycles. The first-order valence-corrected chi connectivity index (χ1v) is 12.9. The summed E-state index contributed by atoms with van der Waals surface area (Å²) in [7, 11) is -3.15. The minimum Gasteiger partial charge on any atom is -0.486 e. The van der Waals surface area contributed by atoms with Gasteiger partial charge in [-0.25, -0.2) is 8.42 Å². The second kappa shape index (κ2) is 9.04. The van der Waals surface area contributed by atoms with Crippen LogP contribution in [0.5, 0.6) is 0 Å². The summed E-state index contributed by atoms with van der Waals surface area (Å²) in [6.45, 7) is 0.746. The molecule has 30 heavy (non-hydrogen) atoms. The average molecular weight is 464 g/mol.